The third kappa shape index (κ3) is 4.35. The van der Waals surface area contributed by atoms with Gasteiger partial charge in [0.15, 0.2) is 0 Å². The highest BCUT2D eigenvalue weighted by atomic mass is 16.5. The van der Waals surface area contributed by atoms with Crippen molar-refractivity contribution in [1.29, 1.82) is 0 Å². The minimum absolute atomic E-state index is 0.475. The summed E-state index contributed by atoms with van der Waals surface area (Å²) >= 11 is 0. The molecule has 0 saturated carbocycles. The molecule has 1 saturated heterocycles. The van der Waals surface area contributed by atoms with E-state index in [0.29, 0.717) is 12.0 Å². The maximum atomic E-state index is 6.00. The lowest BCUT2D eigenvalue weighted by Gasteiger charge is -2.34. The van der Waals surface area contributed by atoms with Gasteiger partial charge in [-0.1, -0.05) is 0 Å². The molecule has 0 bridgehead atoms. The van der Waals surface area contributed by atoms with Gasteiger partial charge in [0.25, 0.3) is 0 Å². The quantitative estimate of drug-likeness (QED) is 0.721. The molecule has 1 fully saturated rings. The zero-order valence-electron chi connectivity index (χ0n) is 14.8. The molecule has 25 heavy (non-hydrogen) atoms. The molecule has 0 N–H and O–H groups in total. The maximum absolute atomic E-state index is 6.00. The van der Waals surface area contributed by atoms with E-state index in [1.165, 1.54) is 5.69 Å². The van der Waals surface area contributed by atoms with Crippen molar-refractivity contribution in [2.45, 2.75) is 38.4 Å². The Morgan fingerprint density at radius 1 is 1.16 bits per heavy atom. The second-order valence-electron chi connectivity index (χ2n) is 7.23. The van der Waals surface area contributed by atoms with E-state index in [9.17, 15) is 0 Å². The van der Waals surface area contributed by atoms with Crippen molar-refractivity contribution in [2.75, 3.05) is 33.0 Å². The number of furan rings is 1. The smallest absolute Gasteiger partial charge is 0.117 e. The first-order chi connectivity index (χ1) is 12.4. The van der Waals surface area contributed by atoms with Gasteiger partial charge in [-0.3, -0.25) is 4.90 Å². The lowest BCUT2D eigenvalue weighted by atomic mass is 10.0. The van der Waals surface area contributed by atoms with Gasteiger partial charge in [0.05, 0.1) is 12.8 Å². The number of hydrogen-bond acceptors (Lipinski definition) is 4. The Bertz CT molecular complexity index is 631. The molecule has 0 amide bonds. The van der Waals surface area contributed by atoms with Crippen LogP contribution in [0.1, 0.15) is 36.8 Å². The number of hydrogen-bond donors (Lipinski definition) is 0. The van der Waals surface area contributed by atoms with Gasteiger partial charge in [0.2, 0.25) is 0 Å². The summed E-state index contributed by atoms with van der Waals surface area (Å²) in [5.41, 5.74) is 1.38. The van der Waals surface area contributed by atoms with Crippen LogP contribution in [-0.2, 0) is 22.6 Å². The lowest BCUT2D eigenvalue weighted by Crippen LogP contribution is -2.37. The molecule has 5 nitrogen and oxygen atoms in total. The summed E-state index contributed by atoms with van der Waals surface area (Å²) in [6.45, 7) is 6.39. The number of rotatable bonds is 7. The minimum atomic E-state index is 0.475. The second-order valence-corrected chi connectivity index (χ2v) is 7.23. The molecule has 2 aliphatic rings. The fourth-order valence-corrected chi connectivity index (χ4v) is 3.96. The Kier molecular flexibility index (Phi) is 5.55. The third-order valence-corrected chi connectivity index (χ3v) is 5.36. The van der Waals surface area contributed by atoms with E-state index in [1.807, 2.05) is 6.07 Å². The van der Waals surface area contributed by atoms with Crippen LogP contribution in [0, 0.1) is 5.92 Å². The van der Waals surface area contributed by atoms with Crippen LogP contribution in [0.5, 0.6) is 0 Å². The molecule has 2 aromatic heterocycles. The van der Waals surface area contributed by atoms with E-state index in [1.54, 1.807) is 6.26 Å². The normalized spacial score (nSPS) is 22.2. The average molecular weight is 344 g/mol. The average Bonchev–Trinajstić information content (AvgIpc) is 3.31. The van der Waals surface area contributed by atoms with E-state index >= 15 is 0 Å². The van der Waals surface area contributed by atoms with Crippen LogP contribution in [0.4, 0.5) is 0 Å². The van der Waals surface area contributed by atoms with Gasteiger partial charge in [-0.05, 0) is 49.4 Å². The standard InChI is InChI=1S/C20H28N2O3/c1-3-18-13-21(15-20-4-2-9-25-20)14-19(22(18)8-1)7-12-24-16-17-5-10-23-11-6-17/h1-4,8-9,17,19H,5-7,10-16H2/t19-/m1/s1. The fourth-order valence-electron chi connectivity index (χ4n) is 3.96. The molecule has 0 aromatic carbocycles. The molecule has 0 spiro atoms. The molecule has 4 rings (SSSR count). The summed E-state index contributed by atoms with van der Waals surface area (Å²) in [6, 6.07) is 8.87. The predicted molar refractivity (Wildman–Crippen MR) is 95.3 cm³/mol. The second kappa shape index (κ2) is 8.21. The van der Waals surface area contributed by atoms with Gasteiger partial charge in [-0.25, -0.2) is 0 Å². The van der Waals surface area contributed by atoms with Crippen molar-refractivity contribution in [3.8, 4) is 0 Å². The van der Waals surface area contributed by atoms with Crippen LogP contribution < -0.4 is 0 Å². The Labute approximate surface area is 149 Å². The Hall–Kier alpha value is -1.56. The van der Waals surface area contributed by atoms with E-state index in [-0.39, 0.29) is 0 Å². The van der Waals surface area contributed by atoms with Crippen molar-refractivity contribution in [1.82, 2.24) is 9.47 Å². The number of nitrogens with zero attached hydrogens (tertiary/aromatic N) is 2. The van der Waals surface area contributed by atoms with Crippen LogP contribution in [0.3, 0.4) is 0 Å². The first-order valence-corrected chi connectivity index (χ1v) is 9.44. The Balaban J connectivity index is 1.29. The van der Waals surface area contributed by atoms with Crippen LogP contribution >= 0.6 is 0 Å². The number of fused-ring (bicyclic) bond motifs is 1. The lowest BCUT2D eigenvalue weighted by molar-refractivity contribution is 0.0159. The Morgan fingerprint density at radius 3 is 2.92 bits per heavy atom. The molecule has 5 heteroatoms. The summed E-state index contributed by atoms with van der Waals surface area (Å²) in [4.78, 5) is 2.47. The number of ether oxygens (including phenoxy) is 2. The van der Waals surface area contributed by atoms with Crippen molar-refractivity contribution >= 4 is 0 Å². The summed E-state index contributed by atoms with van der Waals surface area (Å²) in [5, 5.41) is 0. The van der Waals surface area contributed by atoms with Gasteiger partial charge in [-0.2, -0.15) is 0 Å². The van der Waals surface area contributed by atoms with E-state index < -0.39 is 0 Å². The van der Waals surface area contributed by atoms with E-state index in [2.05, 4.69) is 33.9 Å². The zero-order valence-corrected chi connectivity index (χ0v) is 14.8. The van der Waals surface area contributed by atoms with Crippen LogP contribution in [-0.4, -0.2) is 42.4 Å². The highest BCUT2D eigenvalue weighted by Crippen LogP contribution is 2.26. The summed E-state index contributed by atoms with van der Waals surface area (Å²) in [6.07, 6.45) is 7.30. The minimum Gasteiger partial charge on any atom is -0.468 e. The molecule has 4 heterocycles. The highest BCUT2D eigenvalue weighted by Gasteiger charge is 2.25. The molecule has 136 valence electrons. The fraction of sp³-hybridized carbons (Fsp3) is 0.600. The van der Waals surface area contributed by atoms with Crippen molar-refractivity contribution < 1.29 is 13.9 Å². The third-order valence-electron chi connectivity index (χ3n) is 5.36. The van der Waals surface area contributed by atoms with Gasteiger partial charge in [0, 0.05) is 57.4 Å². The molecule has 0 aliphatic carbocycles. The zero-order chi connectivity index (χ0) is 16.9. The molecule has 2 aromatic rings. The van der Waals surface area contributed by atoms with Crippen LogP contribution in [0.2, 0.25) is 0 Å². The predicted octanol–water partition coefficient (Wildman–Crippen LogP) is 3.47. The summed E-state index contributed by atoms with van der Waals surface area (Å²) in [7, 11) is 0. The monoisotopic (exact) mass is 344 g/mol. The van der Waals surface area contributed by atoms with Crippen molar-refractivity contribution in [3.05, 3.63) is 48.2 Å². The summed E-state index contributed by atoms with van der Waals surface area (Å²) < 4.78 is 19.4. The molecule has 0 unspecified atom stereocenters. The number of aromatic nitrogens is 1. The van der Waals surface area contributed by atoms with E-state index in [4.69, 9.17) is 13.9 Å². The van der Waals surface area contributed by atoms with Gasteiger partial charge >= 0.3 is 0 Å². The van der Waals surface area contributed by atoms with Crippen LogP contribution in [0.25, 0.3) is 0 Å². The van der Waals surface area contributed by atoms with Gasteiger partial charge in [0.1, 0.15) is 5.76 Å². The summed E-state index contributed by atoms with van der Waals surface area (Å²) in [5.74, 6) is 1.72. The topological polar surface area (TPSA) is 39.8 Å². The van der Waals surface area contributed by atoms with Gasteiger partial charge < -0.3 is 18.5 Å². The Morgan fingerprint density at radius 2 is 2.08 bits per heavy atom. The first-order valence-electron chi connectivity index (χ1n) is 9.44. The SMILES string of the molecule is c1coc(CN2Cc3cccn3[C@H](CCOCC3CCOCC3)C2)c1. The molecular formula is C20H28N2O3. The first kappa shape index (κ1) is 16.9. The molecular weight excluding hydrogens is 316 g/mol. The largest absolute Gasteiger partial charge is 0.468 e. The van der Waals surface area contributed by atoms with Gasteiger partial charge in [-0.15, -0.1) is 0 Å². The maximum Gasteiger partial charge on any atom is 0.117 e. The molecule has 2 aliphatic heterocycles. The van der Waals surface area contributed by atoms with E-state index in [0.717, 1.165) is 71.1 Å². The highest BCUT2D eigenvalue weighted by molar-refractivity contribution is 5.12. The molecule has 1 atom stereocenters. The van der Waals surface area contributed by atoms with Crippen molar-refractivity contribution in [2.24, 2.45) is 5.92 Å². The molecule has 0 radical (unpaired) electrons. The van der Waals surface area contributed by atoms with Crippen LogP contribution in [0.15, 0.2) is 41.1 Å². The van der Waals surface area contributed by atoms with Crippen molar-refractivity contribution in [3.63, 3.8) is 0 Å².